The molecule has 0 bridgehead atoms. The Labute approximate surface area is 136 Å². The summed E-state index contributed by atoms with van der Waals surface area (Å²) in [6, 6.07) is 10.4. The van der Waals surface area contributed by atoms with Gasteiger partial charge in [0.25, 0.3) is 0 Å². The van der Waals surface area contributed by atoms with E-state index in [4.69, 9.17) is 0 Å². The van der Waals surface area contributed by atoms with E-state index in [0.717, 1.165) is 37.4 Å². The van der Waals surface area contributed by atoms with E-state index >= 15 is 0 Å². The largest absolute Gasteiger partial charge is 0.336 e. The first-order chi connectivity index (χ1) is 11.1. The highest BCUT2D eigenvalue weighted by molar-refractivity contribution is 5.66. The van der Waals surface area contributed by atoms with Gasteiger partial charge in [0.05, 0.1) is 5.69 Å². The van der Waals surface area contributed by atoms with Crippen LogP contribution in [0.1, 0.15) is 43.2 Å². The lowest BCUT2D eigenvalue weighted by molar-refractivity contribution is 0.432. The molecule has 0 heterocycles. The summed E-state index contributed by atoms with van der Waals surface area (Å²) in [6.45, 7) is 4.14. The van der Waals surface area contributed by atoms with Crippen LogP contribution in [-0.2, 0) is 0 Å². The van der Waals surface area contributed by atoms with Crippen molar-refractivity contribution >= 4 is 11.4 Å². The second kappa shape index (κ2) is 6.69. The van der Waals surface area contributed by atoms with Crippen molar-refractivity contribution < 1.29 is 8.78 Å². The SMILES string of the molecule is Cc1ccc(N(c2ccc(F)cc2F)C2CCCCC2)cc1C. The maximum Gasteiger partial charge on any atom is 0.149 e. The van der Waals surface area contributed by atoms with Crippen LogP contribution in [0.2, 0.25) is 0 Å². The first-order valence-corrected chi connectivity index (χ1v) is 8.38. The lowest BCUT2D eigenvalue weighted by Gasteiger charge is -2.36. The summed E-state index contributed by atoms with van der Waals surface area (Å²) in [4.78, 5) is 2.07. The molecule has 0 N–H and O–H groups in total. The van der Waals surface area contributed by atoms with Gasteiger partial charge in [-0.2, -0.15) is 0 Å². The molecule has 1 fully saturated rings. The van der Waals surface area contributed by atoms with E-state index in [0.29, 0.717) is 5.69 Å². The summed E-state index contributed by atoms with van der Waals surface area (Å²) in [5.74, 6) is -1.02. The summed E-state index contributed by atoms with van der Waals surface area (Å²) in [6.07, 6.45) is 5.65. The van der Waals surface area contributed by atoms with Gasteiger partial charge in [-0.25, -0.2) is 8.78 Å². The molecule has 1 aliphatic rings. The van der Waals surface area contributed by atoms with Crippen molar-refractivity contribution in [1.29, 1.82) is 0 Å². The summed E-state index contributed by atoms with van der Waals surface area (Å²) in [5, 5.41) is 0. The first-order valence-electron chi connectivity index (χ1n) is 8.38. The Morgan fingerprint density at radius 3 is 2.26 bits per heavy atom. The molecule has 1 saturated carbocycles. The van der Waals surface area contributed by atoms with E-state index in [2.05, 4.69) is 30.9 Å². The van der Waals surface area contributed by atoms with E-state index in [1.54, 1.807) is 6.07 Å². The Hall–Kier alpha value is -1.90. The Balaban J connectivity index is 2.07. The zero-order valence-corrected chi connectivity index (χ0v) is 13.8. The van der Waals surface area contributed by atoms with E-state index in [1.165, 1.54) is 23.6 Å². The highest BCUT2D eigenvalue weighted by atomic mass is 19.1. The van der Waals surface area contributed by atoms with E-state index in [-0.39, 0.29) is 6.04 Å². The van der Waals surface area contributed by atoms with Crippen LogP contribution in [0.15, 0.2) is 36.4 Å². The average molecular weight is 315 g/mol. The average Bonchev–Trinajstić information content (AvgIpc) is 2.54. The van der Waals surface area contributed by atoms with Crippen LogP contribution >= 0.6 is 0 Å². The van der Waals surface area contributed by atoms with Crippen molar-refractivity contribution in [2.75, 3.05) is 4.90 Å². The minimum atomic E-state index is -0.532. The normalized spacial score (nSPS) is 15.7. The predicted molar refractivity (Wildman–Crippen MR) is 91.3 cm³/mol. The molecule has 2 aromatic carbocycles. The summed E-state index contributed by atoms with van der Waals surface area (Å²) >= 11 is 0. The second-order valence-electron chi connectivity index (χ2n) is 6.53. The molecule has 1 nitrogen and oxygen atoms in total. The Morgan fingerprint density at radius 1 is 0.870 bits per heavy atom. The fraction of sp³-hybridized carbons (Fsp3) is 0.400. The van der Waals surface area contributed by atoms with Crippen LogP contribution < -0.4 is 4.90 Å². The molecule has 0 unspecified atom stereocenters. The van der Waals surface area contributed by atoms with Gasteiger partial charge in [0.2, 0.25) is 0 Å². The molecule has 3 rings (SSSR count). The second-order valence-corrected chi connectivity index (χ2v) is 6.53. The Kier molecular flexibility index (Phi) is 4.65. The monoisotopic (exact) mass is 315 g/mol. The maximum atomic E-state index is 14.4. The van der Waals surface area contributed by atoms with Crippen LogP contribution in [0.3, 0.4) is 0 Å². The molecule has 122 valence electrons. The molecular formula is C20H23F2N. The van der Waals surface area contributed by atoms with Crippen molar-refractivity contribution in [3.8, 4) is 0 Å². The van der Waals surface area contributed by atoms with Gasteiger partial charge in [-0.3, -0.25) is 0 Å². The van der Waals surface area contributed by atoms with Gasteiger partial charge in [0.15, 0.2) is 0 Å². The van der Waals surface area contributed by atoms with Gasteiger partial charge in [-0.15, -0.1) is 0 Å². The lowest BCUT2D eigenvalue weighted by atomic mass is 9.93. The molecule has 23 heavy (non-hydrogen) atoms. The molecule has 0 atom stereocenters. The van der Waals surface area contributed by atoms with Crippen molar-refractivity contribution in [3.63, 3.8) is 0 Å². The molecular weight excluding hydrogens is 292 g/mol. The van der Waals surface area contributed by atoms with Gasteiger partial charge in [-0.05, 0) is 62.1 Å². The van der Waals surface area contributed by atoms with E-state index in [1.807, 2.05) is 6.07 Å². The third-order valence-corrected chi connectivity index (χ3v) is 4.88. The van der Waals surface area contributed by atoms with Gasteiger partial charge in [0, 0.05) is 17.8 Å². The summed E-state index contributed by atoms with van der Waals surface area (Å²) in [5.41, 5.74) is 3.87. The van der Waals surface area contributed by atoms with Crippen LogP contribution in [0.5, 0.6) is 0 Å². The Morgan fingerprint density at radius 2 is 1.61 bits per heavy atom. The minimum Gasteiger partial charge on any atom is -0.336 e. The van der Waals surface area contributed by atoms with Crippen LogP contribution in [0, 0.1) is 25.5 Å². The van der Waals surface area contributed by atoms with Crippen molar-refractivity contribution in [2.24, 2.45) is 0 Å². The quantitative estimate of drug-likeness (QED) is 0.666. The molecule has 0 amide bonds. The lowest BCUT2D eigenvalue weighted by Crippen LogP contribution is -2.33. The zero-order chi connectivity index (χ0) is 16.4. The van der Waals surface area contributed by atoms with Crippen LogP contribution in [0.25, 0.3) is 0 Å². The number of hydrogen-bond acceptors (Lipinski definition) is 1. The molecule has 0 saturated heterocycles. The highest BCUT2D eigenvalue weighted by Gasteiger charge is 2.25. The maximum absolute atomic E-state index is 14.4. The van der Waals surface area contributed by atoms with Crippen molar-refractivity contribution in [1.82, 2.24) is 0 Å². The minimum absolute atomic E-state index is 0.269. The zero-order valence-electron chi connectivity index (χ0n) is 13.8. The molecule has 0 spiro atoms. The van der Waals surface area contributed by atoms with E-state index in [9.17, 15) is 8.78 Å². The van der Waals surface area contributed by atoms with Crippen molar-refractivity contribution in [3.05, 3.63) is 59.2 Å². The van der Waals surface area contributed by atoms with E-state index < -0.39 is 11.6 Å². The molecule has 0 aliphatic heterocycles. The summed E-state index contributed by atoms with van der Waals surface area (Å²) < 4.78 is 27.8. The highest BCUT2D eigenvalue weighted by Crippen LogP contribution is 2.36. The number of aryl methyl sites for hydroxylation is 2. The molecule has 0 aromatic heterocycles. The topological polar surface area (TPSA) is 3.24 Å². The standard InChI is InChI=1S/C20H23F2N/c1-14-8-10-18(12-15(14)2)23(17-6-4-3-5-7-17)20-11-9-16(21)13-19(20)22/h8-13,17H,3-7H2,1-2H3. The number of hydrogen-bond donors (Lipinski definition) is 0. The number of rotatable bonds is 3. The van der Waals surface area contributed by atoms with Gasteiger partial charge in [-0.1, -0.05) is 25.3 Å². The third kappa shape index (κ3) is 3.39. The van der Waals surface area contributed by atoms with Crippen LogP contribution in [-0.4, -0.2) is 6.04 Å². The van der Waals surface area contributed by atoms with Gasteiger partial charge < -0.3 is 4.90 Å². The van der Waals surface area contributed by atoms with Gasteiger partial charge in [0.1, 0.15) is 11.6 Å². The number of halogens is 2. The molecule has 0 radical (unpaired) electrons. The third-order valence-electron chi connectivity index (χ3n) is 4.88. The number of anilines is 2. The molecule has 2 aromatic rings. The molecule has 3 heteroatoms. The fourth-order valence-electron chi connectivity index (χ4n) is 3.44. The molecule has 1 aliphatic carbocycles. The number of nitrogens with zero attached hydrogens (tertiary/aromatic N) is 1. The Bertz CT molecular complexity index is 690. The van der Waals surface area contributed by atoms with Crippen molar-refractivity contribution in [2.45, 2.75) is 52.0 Å². The number of benzene rings is 2. The first kappa shape index (κ1) is 16.0. The summed E-state index contributed by atoms with van der Waals surface area (Å²) in [7, 11) is 0. The smallest absolute Gasteiger partial charge is 0.149 e. The van der Waals surface area contributed by atoms with Crippen LogP contribution in [0.4, 0.5) is 20.2 Å². The predicted octanol–water partition coefficient (Wildman–Crippen LogP) is 6.05. The van der Waals surface area contributed by atoms with Gasteiger partial charge >= 0.3 is 0 Å². The fourth-order valence-corrected chi connectivity index (χ4v) is 3.44.